The topological polar surface area (TPSA) is 158 Å². The number of amides is 2. The van der Waals surface area contributed by atoms with Gasteiger partial charge in [-0.1, -0.05) is 49.8 Å². The monoisotopic (exact) mass is 667 g/mol. The zero-order valence-electron chi connectivity index (χ0n) is 29.5. The molecular weight excluding hydrogens is 614 g/mol. The fourth-order valence-electron chi connectivity index (χ4n) is 5.44. The van der Waals surface area contributed by atoms with Gasteiger partial charge < -0.3 is 40.3 Å². The molecule has 0 aromatic heterocycles. The van der Waals surface area contributed by atoms with E-state index in [2.05, 4.69) is 17.6 Å². The van der Waals surface area contributed by atoms with E-state index in [0.717, 1.165) is 35.1 Å². The van der Waals surface area contributed by atoms with Crippen LogP contribution in [-0.4, -0.2) is 103 Å². The first kappa shape index (κ1) is 38.8. The Hall–Kier alpha value is -3.61. The Kier molecular flexibility index (Phi) is 13.5. The average molecular weight is 668 g/mol. The number of carbonyl (C=O) groups excluding carboxylic acids is 3. The molecule has 3 rings (SSSR count). The molecule has 2 amide bonds. The van der Waals surface area contributed by atoms with Crippen molar-refractivity contribution in [2.75, 3.05) is 40.9 Å². The van der Waals surface area contributed by atoms with Crippen molar-refractivity contribution in [1.82, 2.24) is 15.5 Å². The number of benzene rings is 2. The number of ketones is 1. The van der Waals surface area contributed by atoms with Gasteiger partial charge >= 0.3 is 0 Å². The minimum Gasteiger partial charge on any atom is -0.496 e. The van der Waals surface area contributed by atoms with Crippen molar-refractivity contribution in [3.05, 3.63) is 70.3 Å². The molecule has 5 N–H and O–H groups in total. The molecule has 11 heteroatoms. The van der Waals surface area contributed by atoms with E-state index in [1.54, 1.807) is 27.7 Å². The van der Waals surface area contributed by atoms with Gasteiger partial charge in [-0.3, -0.25) is 14.4 Å². The molecule has 0 aliphatic carbocycles. The van der Waals surface area contributed by atoms with Crippen molar-refractivity contribution < 1.29 is 39.2 Å². The summed E-state index contributed by atoms with van der Waals surface area (Å²) >= 11 is 0. The SMILES string of the molecule is CCCc1cc(OC)c([C@@H]2O[C@H](CO)C(O)C(=O)C2O)cc1Cc1ccc(/C=C/C(C)(C)C(=O)NC(C)(C)C(=O)NCCN(C)C)cc1. The number of aliphatic hydroxyl groups excluding tert-OH is 3. The molecule has 0 radical (unpaired) electrons. The van der Waals surface area contributed by atoms with E-state index in [1.807, 2.05) is 67.5 Å². The van der Waals surface area contributed by atoms with Gasteiger partial charge in [-0.15, -0.1) is 0 Å². The van der Waals surface area contributed by atoms with Crippen molar-refractivity contribution in [2.24, 2.45) is 5.41 Å². The number of ether oxygens (including phenoxy) is 2. The summed E-state index contributed by atoms with van der Waals surface area (Å²) in [6, 6.07) is 11.7. The molecule has 4 atom stereocenters. The number of nitrogens with one attached hydrogen (secondary N) is 2. The lowest BCUT2D eigenvalue weighted by molar-refractivity contribution is -0.189. The molecule has 2 unspecified atom stereocenters. The predicted molar refractivity (Wildman–Crippen MR) is 185 cm³/mol. The average Bonchev–Trinajstić information content (AvgIpc) is 3.03. The molecule has 1 saturated heterocycles. The van der Waals surface area contributed by atoms with Gasteiger partial charge in [0.05, 0.1) is 19.1 Å². The molecule has 48 heavy (non-hydrogen) atoms. The Morgan fingerprint density at radius 3 is 2.27 bits per heavy atom. The Labute approximate surface area is 284 Å². The number of carbonyl (C=O) groups is 3. The molecule has 2 aromatic rings. The minimum atomic E-state index is -1.62. The molecule has 2 aromatic carbocycles. The molecule has 11 nitrogen and oxygen atoms in total. The van der Waals surface area contributed by atoms with Gasteiger partial charge in [0, 0.05) is 18.7 Å². The van der Waals surface area contributed by atoms with Gasteiger partial charge in [0.25, 0.3) is 0 Å². The number of aryl methyl sites for hydroxylation is 1. The lowest BCUT2D eigenvalue weighted by Crippen LogP contribution is -2.57. The Balaban J connectivity index is 1.78. The van der Waals surface area contributed by atoms with Gasteiger partial charge in [0.1, 0.15) is 35.7 Å². The van der Waals surface area contributed by atoms with E-state index in [-0.39, 0.29) is 11.8 Å². The standard InChI is InChI=1S/C37H53N3O8/c1-9-10-25-21-28(47-8)27(33-32(44)31(43)30(42)29(22-41)48-33)20-26(25)19-24-13-11-23(12-14-24)15-16-36(2,3)34(45)39-37(4,5)35(46)38-17-18-40(6)7/h11-16,20-21,29-30,32-33,41-42,44H,9-10,17-19,22H2,1-8H3,(H,38,46)(H,39,45)/b16-15+/t29-,30?,32?,33+/m1/s1. The van der Waals surface area contributed by atoms with Crippen LogP contribution < -0.4 is 15.4 Å². The van der Waals surface area contributed by atoms with Crippen LogP contribution in [0.5, 0.6) is 5.75 Å². The highest BCUT2D eigenvalue weighted by Crippen LogP contribution is 2.38. The summed E-state index contributed by atoms with van der Waals surface area (Å²) < 4.78 is 11.4. The largest absolute Gasteiger partial charge is 0.496 e. The molecule has 264 valence electrons. The smallest absolute Gasteiger partial charge is 0.245 e. The number of hydrogen-bond donors (Lipinski definition) is 5. The van der Waals surface area contributed by atoms with Gasteiger partial charge in [-0.25, -0.2) is 0 Å². The van der Waals surface area contributed by atoms with E-state index in [9.17, 15) is 29.7 Å². The van der Waals surface area contributed by atoms with Gasteiger partial charge in [-0.05, 0) is 89.0 Å². The highest BCUT2D eigenvalue weighted by Gasteiger charge is 2.45. The third kappa shape index (κ3) is 9.73. The second kappa shape index (κ2) is 16.7. The fraction of sp³-hybridized carbons (Fsp3) is 0.541. The van der Waals surface area contributed by atoms with Crippen molar-refractivity contribution >= 4 is 23.7 Å². The first-order valence-electron chi connectivity index (χ1n) is 16.4. The maximum atomic E-state index is 13.2. The van der Waals surface area contributed by atoms with Crippen molar-refractivity contribution in [1.29, 1.82) is 0 Å². The fourth-order valence-corrected chi connectivity index (χ4v) is 5.44. The molecule has 1 fully saturated rings. The Morgan fingerprint density at radius 2 is 1.69 bits per heavy atom. The minimum absolute atomic E-state index is 0.247. The zero-order valence-corrected chi connectivity index (χ0v) is 29.5. The maximum Gasteiger partial charge on any atom is 0.245 e. The van der Waals surface area contributed by atoms with Crippen molar-refractivity contribution in [3.8, 4) is 5.75 Å². The number of aliphatic hydroxyl groups is 3. The van der Waals surface area contributed by atoms with Crippen LogP contribution in [0, 0.1) is 5.41 Å². The van der Waals surface area contributed by atoms with E-state index in [1.165, 1.54) is 7.11 Å². The lowest BCUT2D eigenvalue weighted by Gasteiger charge is -2.36. The summed E-state index contributed by atoms with van der Waals surface area (Å²) in [4.78, 5) is 40.4. The molecular formula is C37H53N3O8. The number of nitrogens with zero attached hydrogens (tertiary/aromatic N) is 1. The maximum absolute atomic E-state index is 13.2. The normalized spacial score (nSPS) is 20.3. The van der Waals surface area contributed by atoms with E-state index in [0.29, 0.717) is 30.8 Å². The Morgan fingerprint density at radius 1 is 1.02 bits per heavy atom. The van der Waals surface area contributed by atoms with E-state index in [4.69, 9.17) is 9.47 Å². The van der Waals surface area contributed by atoms with Gasteiger partial charge in [0.2, 0.25) is 11.8 Å². The first-order chi connectivity index (χ1) is 22.5. The van der Waals surface area contributed by atoms with Crippen LogP contribution in [0.4, 0.5) is 0 Å². The van der Waals surface area contributed by atoms with Crippen molar-refractivity contribution in [3.63, 3.8) is 0 Å². The number of rotatable bonds is 15. The van der Waals surface area contributed by atoms with Gasteiger partial charge in [-0.2, -0.15) is 0 Å². The summed E-state index contributed by atoms with van der Waals surface area (Å²) in [6.07, 6.45) is 0.425. The highest BCUT2D eigenvalue weighted by molar-refractivity contribution is 5.93. The van der Waals surface area contributed by atoms with Crippen LogP contribution in [0.25, 0.3) is 6.08 Å². The van der Waals surface area contributed by atoms with Crippen LogP contribution in [0.1, 0.15) is 75.0 Å². The number of hydrogen-bond acceptors (Lipinski definition) is 9. The third-order valence-electron chi connectivity index (χ3n) is 8.59. The molecule has 0 saturated carbocycles. The van der Waals surface area contributed by atoms with E-state index < -0.39 is 47.8 Å². The summed E-state index contributed by atoms with van der Waals surface area (Å²) in [5, 5.41) is 36.3. The van der Waals surface area contributed by atoms with Crippen LogP contribution in [0.3, 0.4) is 0 Å². The zero-order chi connectivity index (χ0) is 35.8. The number of methoxy groups -OCH3 is 1. The molecule has 0 bridgehead atoms. The highest BCUT2D eigenvalue weighted by atomic mass is 16.5. The summed E-state index contributed by atoms with van der Waals surface area (Å²) in [6.45, 7) is 9.66. The molecule has 0 spiro atoms. The van der Waals surface area contributed by atoms with Crippen LogP contribution >= 0.6 is 0 Å². The molecule has 1 aliphatic rings. The van der Waals surface area contributed by atoms with Crippen LogP contribution in [-0.2, 0) is 32.0 Å². The summed E-state index contributed by atoms with van der Waals surface area (Å²) in [5.41, 5.74) is 2.45. The molecule has 1 heterocycles. The van der Waals surface area contributed by atoms with Crippen molar-refractivity contribution in [2.45, 2.75) is 83.8 Å². The summed E-state index contributed by atoms with van der Waals surface area (Å²) in [7, 11) is 5.36. The second-order valence-corrected chi connectivity index (χ2v) is 13.8. The predicted octanol–water partition coefficient (Wildman–Crippen LogP) is 2.57. The Bertz CT molecular complexity index is 1450. The first-order valence-corrected chi connectivity index (χ1v) is 16.4. The van der Waals surface area contributed by atoms with Crippen LogP contribution in [0.2, 0.25) is 0 Å². The van der Waals surface area contributed by atoms with Gasteiger partial charge in [0.15, 0.2) is 5.78 Å². The molecule has 1 aliphatic heterocycles. The number of Topliss-reactive ketones (excluding diaryl/α,β-unsaturated/α-hetero) is 1. The van der Waals surface area contributed by atoms with E-state index >= 15 is 0 Å². The lowest BCUT2D eigenvalue weighted by atomic mass is 9.88. The third-order valence-corrected chi connectivity index (χ3v) is 8.59. The summed E-state index contributed by atoms with van der Waals surface area (Å²) in [5.74, 6) is -0.869. The number of likely N-dealkylation sites (N-methyl/N-ethyl adjacent to an activating group) is 1. The van der Waals surface area contributed by atoms with Crippen LogP contribution in [0.15, 0.2) is 42.5 Å². The second-order valence-electron chi connectivity index (χ2n) is 13.8. The quantitative estimate of drug-likeness (QED) is 0.193.